The summed E-state index contributed by atoms with van der Waals surface area (Å²) < 4.78 is 10.7. The summed E-state index contributed by atoms with van der Waals surface area (Å²) >= 11 is 6.12. The van der Waals surface area contributed by atoms with Crippen molar-refractivity contribution >= 4 is 23.2 Å². The second-order valence-corrected chi connectivity index (χ2v) is 7.40. The zero-order valence-corrected chi connectivity index (χ0v) is 17.2. The highest BCUT2D eigenvalue weighted by Crippen LogP contribution is 2.25. The third-order valence-corrected chi connectivity index (χ3v) is 5.09. The normalized spacial score (nSPS) is 15.4. The van der Waals surface area contributed by atoms with Crippen LogP contribution in [0.15, 0.2) is 76.5 Å². The molecule has 1 aliphatic rings. The number of furan rings is 1. The van der Waals surface area contributed by atoms with Crippen molar-refractivity contribution in [1.82, 2.24) is 4.90 Å². The average molecular weight is 425 g/mol. The fraction of sp³-hybridized carbons (Fsp3) is 0.217. The molecule has 0 saturated heterocycles. The van der Waals surface area contributed by atoms with Crippen molar-refractivity contribution in [1.29, 1.82) is 0 Å². The maximum atomic E-state index is 13.0. The topological polar surface area (TPSA) is 64.3 Å². The van der Waals surface area contributed by atoms with Crippen LogP contribution in [-0.2, 0) is 11.4 Å². The smallest absolute Gasteiger partial charge is 0.289 e. The van der Waals surface area contributed by atoms with Gasteiger partial charge in [0.1, 0.15) is 5.75 Å². The summed E-state index contributed by atoms with van der Waals surface area (Å²) in [5.74, 6) is 0.804. The molecule has 1 atom stereocenters. The third kappa shape index (κ3) is 4.49. The van der Waals surface area contributed by atoms with E-state index in [-0.39, 0.29) is 17.8 Å². The van der Waals surface area contributed by atoms with Crippen molar-refractivity contribution < 1.29 is 18.8 Å². The fourth-order valence-electron chi connectivity index (χ4n) is 3.45. The summed E-state index contributed by atoms with van der Waals surface area (Å²) in [5, 5.41) is 4.87. The third-order valence-electron chi connectivity index (χ3n) is 4.86. The van der Waals surface area contributed by atoms with Gasteiger partial charge in [0.25, 0.3) is 5.91 Å². The summed E-state index contributed by atoms with van der Waals surface area (Å²) in [6.45, 7) is 0.734. The van der Waals surface area contributed by atoms with Crippen LogP contribution in [0.5, 0.6) is 5.75 Å². The van der Waals surface area contributed by atoms with E-state index >= 15 is 0 Å². The molecule has 6 nitrogen and oxygen atoms in total. The molecule has 1 amide bonds. The zero-order chi connectivity index (χ0) is 20.9. The molecule has 7 heteroatoms. The Hall–Kier alpha value is -3.25. The molecule has 1 unspecified atom stereocenters. The first-order chi connectivity index (χ1) is 14.6. The maximum Gasteiger partial charge on any atom is 0.289 e. The number of hydrogen-bond acceptors (Lipinski definition) is 5. The van der Waals surface area contributed by atoms with Crippen molar-refractivity contribution in [2.75, 3.05) is 13.7 Å². The molecule has 0 aliphatic carbocycles. The number of ether oxygens (including phenoxy) is 1. The predicted molar refractivity (Wildman–Crippen MR) is 114 cm³/mol. The van der Waals surface area contributed by atoms with E-state index in [1.54, 1.807) is 30.2 Å². The lowest BCUT2D eigenvalue weighted by molar-refractivity contribution is 0.0387. The van der Waals surface area contributed by atoms with Gasteiger partial charge in [0.15, 0.2) is 11.9 Å². The molecule has 2 aromatic carbocycles. The lowest BCUT2D eigenvalue weighted by Gasteiger charge is -2.24. The number of hydrogen-bond donors (Lipinski definition) is 0. The van der Waals surface area contributed by atoms with E-state index < -0.39 is 0 Å². The highest BCUT2D eigenvalue weighted by atomic mass is 35.5. The molecular weight excluding hydrogens is 404 g/mol. The van der Waals surface area contributed by atoms with Gasteiger partial charge in [-0.05, 0) is 42.0 Å². The number of benzene rings is 2. The first kappa shape index (κ1) is 20.0. The van der Waals surface area contributed by atoms with E-state index in [9.17, 15) is 4.79 Å². The first-order valence-electron chi connectivity index (χ1n) is 9.57. The molecule has 30 heavy (non-hydrogen) atoms. The molecule has 0 fully saturated rings. The molecule has 0 N–H and O–H groups in total. The Bertz CT molecular complexity index is 1050. The van der Waals surface area contributed by atoms with Crippen LogP contribution in [0.4, 0.5) is 0 Å². The van der Waals surface area contributed by atoms with Gasteiger partial charge >= 0.3 is 0 Å². The van der Waals surface area contributed by atoms with Crippen LogP contribution in [0.2, 0.25) is 5.02 Å². The lowest BCUT2D eigenvalue weighted by Crippen LogP contribution is -2.37. The number of nitrogens with zero attached hydrogens (tertiary/aromatic N) is 2. The number of oxime groups is 1. The molecule has 2 heterocycles. The Labute approximate surface area is 179 Å². The largest absolute Gasteiger partial charge is 0.496 e. The number of carbonyl (C=O) groups is 1. The Balaban J connectivity index is 1.50. The first-order valence-corrected chi connectivity index (χ1v) is 9.95. The van der Waals surface area contributed by atoms with Crippen molar-refractivity contribution in [3.05, 3.63) is 88.8 Å². The van der Waals surface area contributed by atoms with Crippen molar-refractivity contribution in [3.63, 3.8) is 0 Å². The summed E-state index contributed by atoms with van der Waals surface area (Å²) in [5.41, 5.74) is 2.61. The summed E-state index contributed by atoms with van der Waals surface area (Å²) in [7, 11) is 1.63. The highest BCUT2D eigenvalue weighted by molar-refractivity contribution is 6.30. The number of carbonyl (C=O) groups excluding carboxylic acids is 1. The maximum absolute atomic E-state index is 13.0. The number of methoxy groups -OCH3 is 1. The number of rotatable bonds is 7. The number of para-hydroxylation sites is 1. The van der Waals surface area contributed by atoms with Gasteiger partial charge in [0.2, 0.25) is 0 Å². The second kappa shape index (κ2) is 9.05. The van der Waals surface area contributed by atoms with Crippen molar-refractivity contribution in [2.45, 2.75) is 19.1 Å². The zero-order valence-electron chi connectivity index (χ0n) is 16.5. The SMILES string of the molecule is COc1ccccc1C1=NOC(CN(Cc2cccc(Cl)c2)C(=O)c2ccco2)C1. The lowest BCUT2D eigenvalue weighted by atomic mass is 10.0. The van der Waals surface area contributed by atoms with Crippen molar-refractivity contribution in [3.8, 4) is 5.75 Å². The molecule has 1 aromatic heterocycles. The van der Waals surface area contributed by atoms with Gasteiger partial charge in [0, 0.05) is 23.6 Å². The number of halogens is 1. The molecule has 154 valence electrons. The van der Waals surface area contributed by atoms with E-state index in [4.69, 9.17) is 25.6 Å². The van der Waals surface area contributed by atoms with E-state index in [0.717, 1.165) is 22.6 Å². The summed E-state index contributed by atoms with van der Waals surface area (Å²) in [6, 6.07) is 18.5. The average Bonchev–Trinajstić information content (AvgIpc) is 3.45. The van der Waals surface area contributed by atoms with Gasteiger partial charge in [-0.25, -0.2) is 0 Å². The Morgan fingerprint density at radius 2 is 2.07 bits per heavy atom. The van der Waals surface area contributed by atoms with Crippen LogP contribution in [0.1, 0.15) is 28.1 Å². The summed E-state index contributed by atoms with van der Waals surface area (Å²) in [4.78, 5) is 20.4. The van der Waals surface area contributed by atoms with Gasteiger partial charge in [-0.15, -0.1) is 0 Å². The van der Waals surface area contributed by atoms with Crippen molar-refractivity contribution in [2.24, 2.45) is 5.16 Å². The van der Waals surface area contributed by atoms with Crippen LogP contribution >= 0.6 is 11.6 Å². The Morgan fingerprint density at radius 3 is 2.83 bits per heavy atom. The molecule has 0 saturated carbocycles. The molecule has 0 spiro atoms. The summed E-state index contributed by atoms with van der Waals surface area (Å²) in [6.07, 6.45) is 1.78. The second-order valence-electron chi connectivity index (χ2n) is 6.96. The molecule has 3 aromatic rings. The highest BCUT2D eigenvalue weighted by Gasteiger charge is 2.29. The van der Waals surface area contributed by atoms with E-state index in [2.05, 4.69) is 5.16 Å². The van der Waals surface area contributed by atoms with Crippen LogP contribution in [0.3, 0.4) is 0 Å². The van der Waals surface area contributed by atoms with E-state index in [1.165, 1.54) is 6.26 Å². The minimum Gasteiger partial charge on any atom is -0.496 e. The quantitative estimate of drug-likeness (QED) is 0.547. The molecule has 1 aliphatic heterocycles. The van der Waals surface area contributed by atoms with Crippen LogP contribution < -0.4 is 4.74 Å². The monoisotopic (exact) mass is 424 g/mol. The van der Waals surface area contributed by atoms with E-state index in [1.807, 2.05) is 42.5 Å². The molecule has 0 radical (unpaired) electrons. The number of amides is 1. The standard InChI is InChI=1S/C23H21ClN2O4/c1-28-21-9-3-2-8-19(21)20-13-18(30-25-20)15-26(23(27)22-10-5-11-29-22)14-16-6-4-7-17(24)12-16/h2-12,18H,13-15H2,1H3. The van der Waals surface area contributed by atoms with Gasteiger partial charge in [-0.1, -0.05) is 41.0 Å². The molecular formula is C23H21ClN2O4. The predicted octanol–water partition coefficient (Wildman–Crippen LogP) is 4.78. The minimum absolute atomic E-state index is 0.214. The van der Waals surface area contributed by atoms with Crippen LogP contribution in [0, 0.1) is 0 Å². The Kier molecular flexibility index (Phi) is 6.05. The van der Waals surface area contributed by atoms with E-state index in [0.29, 0.717) is 24.5 Å². The van der Waals surface area contributed by atoms with Gasteiger partial charge in [-0.2, -0.15) is 0 Å². The Morgan fingerprint density at radius 1 is 1.20 bits per heavy atom. The van der Waals surface area contributed by atoms with Gasteiger partial charge in [0.05, 0.1) is 25.6 Å². The van der Waals surface area contributed by atoms with Gasteiger partial charge in [-0.3, -0.25) is 4.79 Å². The van der Waals surface area contributed by atoms with Crippen LogP contribution in [-0.4, -0.2) is 36.3 Å². The fourth-order valence-corrected chi connectivity index (χ4v) is 3.66. The molecule has 0 bridgehead atoms. The minimum atomic E-state index is -0.275. The molecule has 4 rings (SSSR count). The van der Waals surface area contributed by atoms with Gasteiger partial charge < -0.3 is 18.9 Å². The van der Waals surface area contributed by atoms with Crippen LogP contribution in [0.25, 0.3) is 0 Å².